The summed E-state index contributed by atoms with van der Waals surface area (Å²) in [7, 11) is 5.55. The zero-order chi connectivity index (χ0) is 46.3. The van der Waals surface area contributed by atoms with Gasteiger partial charge in [0.1, 0.15) is 6.61 Å². The molecule has 8 nitrogen and oxygen atoms in total. The average Bonchev–Trinajstić information content (AvgIpc) is 3.24. The van der Waals surface area contributed by atoms with E-state index in [-0.39, 0.29) is 36.2 Å². The second-order valence-electron chi connectivity index (χ2n) is 19.8. The molecule has 0 saturated heterocycles. The van der Waals surface area contributed by atoms with Gasteiger partial charge in [-0.05, 0) is 38.5 Å². The van der Waals surface area contributed by atoms with Crippen molar-refractivity contribution in [1.29, 1.82) is 0 Å². The van der Waals surface area contributed by atoms with Gasteiger partial charge in [-0.3, -0.25) is 9.59 Å². The second kappa shape index (κ2) is 46.6. The third-order valence-electron chi connectivity index (χ3n) is 12.7. The summed E-state index contributed by atoms with van der Waals surface area (Å²) in [6.07, 6.45) is 52.7. The molecule has 0 radical (unpaired) electrons. The van der Waals surface area contributed by atoms with Gasteiger partial charge in [0.25, 0.3) is 0 Å². The lowest BCUT2D eigenvalue weighted by Gasteiger charge is -2.31. The topological polar surface area (TPSA) is 99.1 Å². The van der Waals surface area contributed by atoms with Crippen LogP contribution in [0.15, 0.2) is 12.2 Å². The second-order valence-corrected chi connectivity index (χ2v) is 19.8. The van der Waals surface area contributed by atoms with E-state index in [9.17, 15) is 19.5 Å². The number of ether oxygens (including phenoxy) is 3. The lowest BCUT2D eigenvalue weighted by molar-refractivity contribution is -0.887. The highest BCUT2D eigenvalue weighted by molar-refractivity contribution is 5.72. The van der Waals surface area contributed by atoms with Crippen molar-refractivity contribution in [2.24, 2.45) is 0 Å². The molecule has 0 aliphatic rings. The molecule has 0 bridgehead atoms. The first-order valence-corrected chi connectivity index (χ1v) is 27.2. The van der Waals surface area contributed by atoms with Crippen LogP contribution in [0.1, 0.15) is 271 Å². The quantitative estimate of drug-likeness (QED) is 0.0281. The standard InChI is InChI=1S/C55H105NO7/c1-6-8-10-12-14-16-18-20-22-24-25-26-27-28-29-30-32-34-36-38-40-42-44-46-54(58)63-51(49-61-48-47-52(55(59)60)56(3,4)5)50-62-53(57)45-43-41-39-37-35-33-31-23-21-19-17-15-13-11-9-7-2/h28-29,51-52H,6-27,30-50H2,1-5H3/p+1/b29-28+. The van der Waals surface area contributed by atoms with E-state index >= 15 is 0 Å². The van der Waals surface area contributed by atoms with Gasteiger partial charge >= 0.3 is 17.9 Å². The van der Waals surface area contributed by atoms with E-state index in [4.69, 9.17) is 14.2 Å². The number of carboxylic acids is 1. The number of carboxylic acid groups (broad SMARTS) is 1. The Balaban J connectivity index is 4.17. The third kappa shape index (κ3) is 45.0. The molecule has 372 valence electrons. The Labute approximate surface area is 390 Å². The van der Waals surface area contributed by atoms with Crippen molar-refractivity contribution < 1.29 is 38.2 Å². The maximum atomic E-state index is 12.8. The molecular formula is C55H106NO7+. The molecule has 0 spiro atoms. The number of quaternary nitrogens is 1. The van der Waals surface area contributed by atoms with Crippen molar-refractivity contribution in [2.75, 3.05) is 41.0 Å². The molecule has 1 N–H and O–H groups in total. The van der Waals surface area contributed by atoms with Gasteiger partial charge in [-0.15, -0.1) is 0 Å². The number of allylic oxidation sites excluding steroid dienone is 2. The molecule has 63 heavy (non-hydrogen) atoms. The first-order valence-electron chi connectivity index (χ1n) is 27.2. The fraction of sp³-hybridized carbons (Fsp3) is 0.909. The summed E-state index contributed by atoms with van der Waals surface area (Å²) in [5, 5.41) is 9.66. The predicted octanol–water partition coefficient (Wildman–Crippen LogP) is 15.8. The number of nitrogens with zero attached hydrogens (tertiary/aromatic N) is 1. The first-order chi connectivity index (χ1) is 30.6. The van der Waals surface area contributed by atoms with Gasteiger partial charge in [-0.2, -0.15) is 0 Å². The molecule has 0 aliphatic carbocycles. The van der Waals surface area contributed by atoms with Crippen LogP contribution in [0, 0.1) is 0 Å². The molecule has 0 aliphatic heterocycles. The monoisotopic (exact) mass is 893 g/mol. The Morgan fingerprint density at radius 2 is 0.794 bits per heavy atom. The maximum absolute atomic E-state index is 12.8. The number of likely N-dealkylation sites (N-methyl/N-ethyl adjacent to an activating group) is 1. The van der Waals surface area contributed by atoms with Crippen LogP contribution in [0.3, 0.4) is 0 Å². The van der Waals surface area contributed by atoms with Gasteiger partial charge < -0.3 is 23.8 Å². The number of rotatable bonds is 50. The van der Waals surface area contributed by atoms with Crippen LogP contribution in [-0.4, -0.2) is 80.6 Å². The highest BCUT2D eigenvalue weighted by Gasteiger charge is 2.31. The van der Waals surface area contributed by atoms with Crippen LogP contribution in [0.4, 0.5) is 0 Å². The number of hydrogen-bond donors (Lipinski definition) is 1. The maximum Gasteiger partial charge on any atom is 0.362 e. The Morgan fingerprint density at radius 3 is 1.14 bits per heavy atom. The van der Waals surface area contributed by atoms with Crippen LogP contribution in [0.25, 0.3) is 0 Å². The minimum absolute atomic E-state index is 0.0459. The van der Waals surface area contributed by atoms with Crippen molar-refractivity contribution in [3.8, 4) is 0 Å². The van der Waals surface area contributed by atoms with Crippen LogP contribution in [0.2, 0.25) is 0 Å². The number of carbonyl (C=O) groups excluding carboxylic acids is 2. The van der Waals surface area contributed by atoms with E-state index in [1.165, 1.54) is 199 Å². The number of hydrogen-bond acceptors (Lipinski definition) is 6. The van der Waals surface area contributed by atoms with Gasteiger partial charge in [-0.1, -0.05) is 225 Å². The van der Waals surface area contributed by atoms with Crippen LogP contribution in [-0.2, 0) is 28.6 Å². The van der Waals surface area contributed by atoms with E-state index < -0.39 is 18.1 Å². The van der Waals surface area contributed by atoms with Gasteiger partial charge in [0.05, 0.1) is 34.4 Å². The Bertz CT molecular complexity index is 1040. The number of esters is 2. The minimum Gasteiger partial charge on any atom is -0.477 e. The SMILES string of the molecule is CCCCCCCCCCCCCC/C=C/CCCCCCCCCC(=O)OC(COCCC(C(=O)O)[N+](C)(C)C)COC(=O)CCCCCCCCCCCCCCCCCC. The highest BCUT2D eigenvalue weighted by Crippen LogP contribution is 2.17. The molecule has 0 heterocycles. The smallest absolute Gasteiger partial charge is 0.362 e. The molecule has 0 fully saturated rings. The molecule has 0 amide bonds. The fourth-order valence-corrected chi connectivity index (χ4v) is 8.44. The van der Waals surface area contributed by atoms with Crippen LogP contribution >= 0.6 is 0 Å². The summed E-state index contributed by atoms with van der Waals surface area (Å²) in [6.45, 7) is 4.79. The number of unbranched alkanes of at least 4 members (excludes halogenated alkanes) is 34. The lowest BCUT2D eigenvalue weighted by atomic mass is 10.0. The van der Waals surface area contributed by atoms with Gasteiger partial charge in [0.15, 0.2) is 12.1 Å². The summed E-state index contributed by atoms with van der Waals surface area (Å²) < 4.78 is 17.4. The Kier molecular flexibility index (Phi) is 45.2. The first kappa shape index (κ1) is 61.1. The van der Waals surface area contributed by atoms with E-state index in [2.05, 4.69) is 26.0 Å². The summed E-state index contributed by atoms with van der Waals surface area (Å²) in [4.78, 5) is 37.2. The van der Waals surface area contributed by atoms with Crippen molar-refractivity contribution >= 4 is 17.9 Å². The molecule has 0 aromatic carbocycles. The van der Waals surface area contributed by atoms with E-state index in [1.807, 2.05) is 21.1 Å². The van der Waals surface area contributed by atoms with Crippen molar-refractivity contribution in [1.82, 2.24) is 0 Å². The molecule has 0 aromatic rings. The average molecular weight is 893 g/mol. The summed E-state index contributed by atoms with van der Waals surface area (Å²) in [5.41, 5.74) is 0. The molecule has 2 unspecified atom stereocenters. The number of carbonyl (C=O) groups is 3. The van der Waals surface area contributed by atoms with Crippen LogP contribution < -0.4 is 0 Å². The molecule has 2 atom stereocenters. The predicted molar refractivity (Wildman–Crippen MR) is 266 cm³/mol. The van der Waals surface area contributed by atoms with E-state index in [0.717, 1.165) is 38.5 Å². The van der Waals surface area contributed by atoms with Crippen molar-refractivity contribution in [3.63, 3.8) is 0 Å². The normalized spacial score (nSPS) is 12.8. The molecule has 0 saturated carbocycles. The largest absolute Gasteiger partial charge is 0.477 e. The van der Waals surface area contributed by atoms with Crippen molar-refractivity contribution in [3.05, 3.63) is 12.2 Å². The Hall–Kier alpha value is -1.93. The summed E-state index contributed by atoms with van der Waals surface area (Å²) in [5.74, 6) is -1.45. The third-order valence-corrected chi connectivity index (χ3v) is 12.7. The van der Waals surface area contributed by atoms with E-state index in [1.54, 1.807) is 0 Å². The molecule has 0 aromatic heterocycles. The van der Waals surface area contributed by atoms with Gasteiger partial charge in [0.2, 0.25) is 0 Å². The summed E-state index contributed by atoms with van der Waals surface area (Å²) in [6, 6.07) is -0.612. The lowest BCUT2D eigenvalue weighted by Crippen LogP contribution is -2.50. The van der Waals surface area contributed by atoms with Crippen molar-refractivity contribution in [2.45, 2.75) is 283 Å². The molecule has 0 rings (SSSR count). The summed E-state index contributed by atoms with van der Waals surface area (Å²) >= 11 is 0. The number of aliphatic carboxylic acids is 1. The van der Waals surface area contributed by atoms with Crippen LogP contribution in [0.5, 0.6) is 0 Å². The molecule has 8 heteroatoms. The van der Waals surface area contributed by atoms with Gasteiger partial charge in [-0.25, -0.2) is 4.79 Å². The fourth-order valence-electron chi connectivity index (χ4n) is 8.44. The minimum atomic E-state index is -0.871. The molecular weight excluding hydrogens is 787 g/mol. The van der Waals surface area contributed by atoms with Gasteiger partial charge in [0, 0.05) is 19.3 Å². The highest BCUT2D eigenvalue weighted by atomic mass is 16.6. The Morgan fingerprint density at radius 1 is 0.460 bits per heavy atom. The zero-order valence-electron chi connectivity index (χ0n) is 42.6. The van der Waals surface area contributed by atoms with E-state index in [0.29, 0.717) is 19.3 Å². The zero-order valence-corrected chi connectivity index (χ0v) is 42.6.